The largest absolute Gasteiger partial charge is 0.365 e. The Balaban J connectivity index is 2.13. The minimum atomic E-state index is 0.742. The van der Waals surface area contributed by atoms with E-state index in [0.29, 0.717) is 0 Å². The average molecular weight is 309 g/mol. The smallest absolute Gasteiger partial charge is 0.140 e. The highest BCUT2D eigenvalue weighted by Crippen LogP contribution is 2.23. The fourth-order valence-electron chi connectivity index (χ4n) is 1.87. The van der Waals surface area contributed by atoms with E-state index >= 15 is 0 Å². The summed E-state index contributed by atoms with van der Waals surface area (Å²) in [5.41, 5.74) is 3.53. The summed E-state index contributed by atoms with van der Waals surface area (Å²) in [4.78, 5) is 4.33. The highest BCUT2D eigenvalue weighted by molar-refractivity contribution is 9.10. The third-order valence-electron chi connectivity index (χ3n) is 2.86. The van der Waals surface area contributed by atoms with E-state index in [1.54, 1.807) is 0 Å². The van der Waals surface area contributed by atoms with Gasteiger partial charge in [-0.05, 0) is 40.9 Å². The van der Waals surface area contributed by atoms with Crippen LogP contribution >= 0.6 is 15.9 Å². The van der Waals surface area contributed by atoms with Crippen LogP contribution in [0.4, 0.5) is 5.82 Å². The molecule has 0 spiro atoms. The van der Waals surface area contributed by atoms with Gasteiger partial charge in [0.05, 0.1) is 10.2 Å². The Morgan fingerprint density at radius 1 is 1.44 bits per heavy atom. The van der Waals surface area contributed by atoms with Crippen LogP contribution in [0.2, 0.25) is 0 Å². The molecule has 0 saturated carbocycles. The monoisotopic (exact) mass is 308 g/mol. The van der Waals surface area contributed by atoms with Crippen LogP contribution in [0.15, 0.2) is 22.9 Å². The average Bonchev–Trinajstić information content (AvgIpc) is 2.71. The molecule has 2 aromatic heterocycles. The number of aryl methyl sites for hydroxylation is 3. The van der Waals surface area contributed by atoms with Crippen molar-refractivity contribution in [2.45, 2.75) is 26.8 Å². The van der Waals surface area contributed by atoms with Crippen molar-refractivity contribution in [1.82, 2.24) is 14.8 Å². The van der Waals surface area contributed by atoms with Gasteiger partial charge in [0.25, 0.3) is 0 Å². The number of nitrogens with zero attached hydrogens (tertiary/aromatic N) is 3. The summed E-state index contributed by atoms with van der Waals surface area (Å²) in [6.07, 6.45) is 4.81. The van der Waals surface area contributed by atoms with Crippen molar-refractivity contribution >= 4 is 21.7 Å². The topological polar surface area (TPSA) is 42.7 Å². The van der Waals surface area contributed by atoms with E-state index in [1.807, 2.05) is 24.0 Å². The Hall–Kier alpha value is -1.36. The minimum absolute atomic E-state index is 0.742. The number of rotatable bonds is 4. The van der Waals surface area contributed by atoms with Gasteiger partial charge in [-0.25, -0.2) is 4.98 Å². The van der Waals surface area contributed by atoms with Gasteiger partial charge in [0, 0.05) is 31.5 Å². The maximum Gasteiger partial charge on any atom is 0.140 e. The van der Waals surface area contributed by atoms with Crippen LogP contribution in [0.25, 0.3) is 0 Å². The lowest BCUT2D eigenvalue weighted by atomic mass is 10.2. The van der Waals surface area contributed by atoms with Crippen LogP contribution in [0, 0.1) is 6.92 Å². The molecule has 0 aliphatic carbocycles. The predicted octanol–water partition coefficient (Wildman–Crippen LogP) is 3.06. The van der Waals surface area contributed by atoms with Gasteiger partial charge in [0.2, 0.25) is 0 Å². The van der Waals surface area contributed by atoms with Crippen molar-refractivity contribution in [1.29, 1.82) is 0 Å². The van der Waals surface area contributed by atoms with E-state index in [0.717, 1.165) is 29.0 Å². The highest BCUT2D eigenvalue weighted by Gasteiger charge is 2.08. The zero-order chi connectivity index (χ0) is 13.1. The van der Waals surface area contributed by atoms with Crippen LogP contribution in [-0.2, 0) is 20.0 Å². The molecule has 1 N–H and O–H groups in total. The van der Waals surface area contributed by atoms with E-state index in [1.165, 1.54) is 11.1 Å². The quantitative estimate of drug-likeness (QED) is 0.944. The van der Waals surface area contributed by atoms with Crippen molar-refractivity contribution in [3.8, 4) is 0 Å². The lowest BCUT2D eigenvalue weighted by Gasteiger charge is -2.08. The van der Waals surface area contributed by atoms with Crippen LogP contribution in [0.5, 0.6) is 0 Å². The maximum absolute atomic E-state index is 4.43. The lowest BCUT2D eigenvalue weighted by Crippen LogP contribution is -2.03. The van der Waals surface area contributed by atoms with Gasteiger partial charge in [-0.3, -0.25) is 4.68 Å². The van der Waals surface area contributed by atoms with Gasteiger partial charge in [-0.2, -0.15) is 5.10 Å². The van der Waals surface area contributed by atoms with Crippen molar-refractivity contribution in [3.63, 3.8) is 0 Å². The highest BCUT2D eigenvalue weighted by atomic mass is 79.9. The zero-order valence-electron chi connectivity index (χ0n) is 10.9. The molecule has 96 valence electrons. The molecule has 4 nitrogen and oxygen atoms in total. The fraction of sp³-hybridized carbons (Fsp3) is 0.385. The molecule has 0 saturated heterocycles. The molecule has 18 heavy (non-hydrogen) atoms. The number of hydrogen-bond donors (Lipinski definition) is 1. The molecular weight excluding hydrogens is 292 g/mol. The molecule has 2 aromatic rings. The van der Waals surface area contributed by atoms with Gasteiger partial charge >= 0.3 is 0 Å². The number of hydrogen-bond acceptors (Lipinski definition) is 3. The summed E-state index contributed by atoms with van der Waals surface area (Å²) in [6.45, 7) is 4.91. The summed E-state index contributed by atoms with van der Waals surface area (Å²) < 4.78 is 2.88. The summed E-state index contributed by atoms with van der Waals surface area (Å²) in [6, 6.07) is 1.98. The van der Waals surface area contributed by atoms with Crippen LogP contribution in [0.1, 0.15) is 23.7 Å². The normalized spacial score (nSPS) is 10.7. The molecule has 0 amide bonds. The van der Waals surface area contributed by atoms with Crippen molar-refractivity contribution in [2.75, 3.05) is 5.32 Å². The standard InChI is InChI=1S/C13H17BrN4/c1-4-11-10(8-18(3)17-11)7-16-13-12(14)9(2)5-6-15-13/h5-6,8H,4,7H2,1-3H3,(H,15,16). The molecule has 0 atom stereocenters. The first-order valence-corrected chi connectivity index (χ1v) is 6.77. The Kier molecular flexibility index (Phi) is 4.01. The number of aromatic nitrogens is 3. The predicted molar refractivity (Wildman–Crippen MR) is 76.6 cm³/mol. The summed E-state index contributed by atoms with van der Waals surface area (Å²) in [7, 11) is 1.95. The van der Waals surface area contributed by atoms with Crippen molar-refractivity contribution < 1.29 is 0 Å². The number of halogens is 1. The summed E-state index contributed by atoms with van der Waals surface area (Å²) >= 11 is 3.55. The van der Waals surface area contributed by atoms with Gasteiger partial charge in [0.1, 0.15) is 5.82 Å². The van der Waals surface area contributed by atoms with E-state index in [-0.39, 0.29) is 0 Å². The molecule has 0 fully saturated rings. The van der Waals surface area contributed by atoms with Gasteiger partial charge in [-0.1, -0.05) is 6.92 Å². The van der Waals surface area contributed by atoms with Crippen LogP contribution in [-0.4, -0.2) is 14.8 Å². The third kappa shape index (κ3) is 2.72. The first-order chi connectivity index (χ1) is 8.61. The van der Waals surface area contributed by atoms with Crippen LogP contribution < -0.4 is 5.32 Å². The second-order valence-electron chi connectivity index (χ2n) is 4.27. The Labute approximate surface area is 116 Å². The SMILES string of the molecule is CCc1nn(C)cc1CNc1nccc(C)c1Br. The number of pyridine rings is 1. The maximum atomic E-state index is 4.43. The van der Waals surface area contributed by atoms with Crippen molar-refractivity contribution in [3.05, 3.63) is 39.8 Å². The van der Waals surface area contributed by atoms with E-state index in [4.69, 9.17) is 0 Å². The first-order valence-electron chi connectivity index (χ1n) is 5.98. The number of nitrogens with one attached hydrogen (secondary N) is 1. The fourth-order valence-corrected chi connectivity index (χ4v) is 2.25. The molecule has 2 rings (SSSR count). The molecule has 2 heterocycles. The second-order valence-corrected chi connectivity index (χ2v) is 5.07. The molecule has 0 unspecified atom stereocenters. The molecule has 5 heteroatoms. The van der Waals surface area contributed by atoms with E-state index in [2.05, 4.69) is 51.4 Å². The number of anilines is 1. The van der Waals surface area contributed by atoms with Gasteiger partial charge < -0.3 is 5.32 Å². The van der Waals surface area contributed by atoms with E-state index in [9.17, 15) is 0 Å². The molecular formula is C13H17BrN4. The Bertz CT molecular complexity index is 548. The Morgan fingerprint density at radius 2 is 2.22 bits per heavy atom. The molecule has 0 aliphatic heterocycles. The molecule has 0 aliphatic rings. The minimum Gasteiger partial charge on any atom is -0.365 e. The molecule has 0 radical (unpaired) electrons. The summed E-state index contributed by atoms with van der Waals surface area (Å²) in [5, 5.41) is 7.77. The third-order valence-corrected chi connectivity index (χ3v) is 3.86. The zero-order valence-corrected chi connectivity index (χ0v) is 12.5. The van der Waals surface area contributed by atoms with Gasteiger partial charge in [0.15, 0.2) is 0 Å². The first kappa shape index (κ1) is 13.1. The van der Waals surface area contributed by atoms with Crippen LogP contribution in [0.3, 0.4) is 0 Å². The Morgan fingerprint density at radius 3 is 2.94 bits per heavy atom. The second kappa shape index (κ2) is 5.52. The molecule has 0 aromatic carbocycles. The molecule has 0 bridgehead atoms. The lowest BCUT2D eigenvalue weighted by molar-refractivity contribution is 0.746. The summed E-state index contributed by atoms with van der Waals surface area (Å²) in [5.74, 6) is 0.876. The van der Waals surface area contributed by atoms with Gasteiger partial charge in [-0.15, -0.1) is 0 Å². The van der Waals surface area contributed by atoms with Crippen molar-refractivity contribution in [2.24, 2.45) is 7.05 Å². The van der Waals surface area contributed by atoms with E-state index < -0.39 is 0 Å².